The Hall–Kier alpha value is -1.33. The summed E-state index contributed by atoms with van der Waals surface area (Å²) in [5.41, 5.74) is 0.926. The zero-order valence-electron chi connectivity index (χ0n) is 10.2. The summed E-state index contributed by atoms with van der Waals surface area (Å²) in [7, 11) is 1.95. The van der Waals surface area contributed by atoms with Crippen molar-refractivity contribution in [2.24, 2.45) is 5.92 Å². The van der Waals surface area contributed by atoms with E-state index in [4.69, 9.17) is 11.6 Å². The molecule has 0 spiro atoms. The van der Waals surface area contributed by atoms with E-state index in [9.17, 15) is 10.1 Å². The monoisotopic (exact) mass is 269 g/mol. The number of halogens is 1. The van der Waals surface area contributed by atoms with E-state index in [2.05, 4.69) is 10.2 Å². The Balaban J connectivity index is 2.12. The van der Waals surface area contributed by atoms with Crippen LogP contribution in [0.25, 0.3) is 0 Å². The van der Waals surface area contributed by atoms with Crippen LogP contribution in [0, 0.1) is 16.0 Å². The largest absolute Gasteiger partial charge is 0.370 e. The van der Waals surface area contributed by atoms with Crippen molar-refractivity contribution in [3.8, 4) is 0 Å². The van der Waals surface area contributed by atoms with E-state index >= 15 is 0 Å². The molecular formula is C12H16ClN3O2. The zero-order valence-corrected chi connectivity index (χ0v) is 11.0. The molecule has 1 unspecified atom stereocenters. The van der Waals surface area contributed by atoms with Crippen LogP contribution in [-0.4, -0.2) is 31.6 Å². The molecule has 1 aromatic carbocycles. The summed E-state index contributed by atoms with van der Waals surface area (Å²) >= 11 is 6.12. The Morgan fingerprint density at radius 3 is 3.00 bits per heavy atom. The number of nitro groups is 1. The third kappa shape index (κ3) is 2.73. The Labute approximate surface area is 111 Å². The van der Waals surface area contributed by atoms with Crippen molar-refractivity contribution in [1.82, 2.24) is 5.32 Å². The second-order valence-electron chi connectivity index (χ2n) is 4.55. The fourth-order valence-corrected chi connectivity index (χ4v) is 2.67. The summed E-state index contributed by atoms with van der Waals surface area (Å²) in [6.07, 6.45) is 1.12. The fourth-order valence-electron chi connectivity index (χ4n) is 2.37. The highest BCUT2D eigenvalue weighted by atomic mass is 35.5. The lowest BCUT2D eigenvalue weighted by atomic mass is 10.1. The van der Waals surface area contributed by atoms with Crippen LogP contribution >= 0.6 is 11.6 Å². The number of nitro benzene ring substituents is 1. The Kier molecular flexibility index (Phi) is 4.04. The molecule has 0 bridgehead atoms. The van der Waals surface area contributed by atoms with E-state index < -0.39 is 4.92 Å². The van der Waals surface area contributed by atoms with Gasteiger partial charge in [0.15, 0.2) is 0 Å². The summed E-state index contributed by atoms with van der Waals surface area (Å²) in [5, 5.41) is 14.3. The van der Waals surface area contributed by atoms with Gasteiger partial charge in [0.05, 0.1) is 15.6 Å². The van der Waals surface area contributed by atoms with Crippen molar-refractivity contribution in [2.75, 3.05) is 31.6 Å². The van der Waals surface area contributed by atoms with Crippen LogP contribution in [0.15, 0.2) is 18.2 Å². The molecule has 0 radical (unpaired) electrons. The SMILES string of the molecule is CNCC1CCN(c2ccc([N+](=O)[O-])cc2Cl)C1. The number of anilines is 1. The zero-order chi connectivity index (χ0) is 13.1. The van der Waals surface area contributed by atoms with E-state index in [-0.39, 0.29) is 5.69 Å². The van der Waals surface area contributed by atoms with E-state index in [1.165, 1.54) is 12.1 Å². The first kappa shape index (κ1) is 13.1. The van der Waals surface area contributed by atoms with Crippen molar-refractivity contribution >= 4 is 23.0 Å². The Morgan fingerprint density at radius 1 is 1.61 bits per heavy atom. The molecule has 1 aromatic rings. The first-order chi connectivity index (χ1) is 8.61. The predicted molar refractivity (Wildman–Crippen MR) is 72.4 cm³/mol. The molecule has 1 aliphatic rings. The second-order valence-corrected chi connectivity index (χ2v) is 4.96. The summed E-state index contributed by atoms with van der Waals surface area (Å²) in [6, 6.07) is 4.66. The van der Waals surface area contributed by atoms with Gasteiger partial charge in [-0.15, -0.1) is 0 Å². The number of rotatable bonds is 4. The van der Waals surface area contributed by atoms with Crippen molar-refractivity contribution < 1.29 is 4.92 Å². The molecule has 0 aromatic heterocycles. The number of non-ortho nitro benzene ring substituents is 1. The highest BCUT2D eigenvalue weighted by molar-refractivity contribution is 6.33. The summed E-state index contributed by atoms with van der Waals surface area (Å²) in [5.74, 6) is 0.612. The third-order valence-electron chi connectivity index (χ3n) is 3.26. The van der Waals surface area contributed by atoms with E-state index in [0.29, 0.717) is 10.9 Å². The molecule has 98 valence electrons. The normalized spacial score (nSPS) is 19.2. The molecule has 1 aliphatic heterocycles. The molecule has 2 rings (SSSR count). The van der Waals surface area contributed by atoms with Crippen LogP contribution in [0.2, 0.25) is 5.02 Å². The van der Waals surface area contributed by atoms with Crippen molar-refractivity contribution in [1.29, 1.82) is 0 Å². The van der Waals surface area contributed by atoms with Crippen LogP contribution in [-0.2, 0) is 0 Å². The number of benzene rings is 1. The highest BCUT2D eigenvalue weighted by Crippen LogP contribution is 2.32. The lowest BCUT2D eigenvalue weighted by Crippen LogP contribution is -2.24. The minimum Gasteiger partial charge on any atom is -0.370 e. The summed E-state index contributed by atoms with van der Waals surface area (Å²) in [4.78, 5) is 12.4. The first-order valence-electron chi connectivity index (χ1n) is 5.95. The first-order valence-corrected chi connectivity index (χ1v) is 6.33. The van der Waals surface area contributed by atoms with Gasteiger partial charge in [-0.05, 0) is 32.0 Å². The van der Waals surface area contributed by atoms with Gasteiger partial charge >= 0.3 is 0 Å². The predicted octanol–water partition coefficient (Wildman–Crippen LogP) is 2.29. The van der Waals surface area contributed by atoms with Gasteiger partial charge in [-0.2, -0.15) is 0 Å². The van der Waals surface area contributed by atoms with Gasteiger partial charge in [-0.1, -0.05) is 11.6 Å². The van der Waals surface area contributed by atoms with Crippen molar-refractivity contribution in [3.63, 3.8) is 0 Å². The molecule has 0 aliphatic carbocycles. The number of hydrogen-bond acceptors (Lipinski definition) is 4. The van der Waals surface area contributed by atoms with E-state index in [1.807, 2.05) is 7.05 Å². The molecule has 5 nitrogen and oxygen atoms in total. The summed E-state index contributed by atoms with van der Waals surface area (Å²) in [6.45, 7) is 2.88. The van der Waals surface area contributed by atoms with Crippen LogP contribution in [0.3, 0.4) is 0 Å². The van der Waals surface area contributed by atoms with Gasteiger partial charge in [0.1, 0.15) is 0 Å². The van der Waals surface area contributed by atoms with Crippen LogP contribution < -0.4 is 10.2 Å². The molecule has 0 saturated carbocycles. The molecule has 1 N–H and O–H groups in total. The average Bonchev–Trinajstić information content (AvgIpc) is 2.77. The van der Waals surface area contributed by atoms with E-state index in [0.717, 1.165) is 31.7 Å². The maximum atomic E-state index is 10.6. The quantitative estimate of drug-likeness (QED) is 0.673. The summed E-state index contributed by atoms with van der Waals surface area (Å²) < 4.78 is 0. The van der Waals surface area contributed by atoms with Crippen LogP contribution in [0.1, 0.15) is 6.42 Å². The Morgan fingerprint density at radius 2 is 2.39 bits per heavy atom. The lowest BCUT2D eigenvalue weighted by Gasteiger charge is -2.19. The van der Waals surface area contributed by atoms with Gasteiger partial charge < -0.3 is 10.2 Å². The minimum absolute atomic E-state index is 0.0368. The molecule has 18 heavy (non-hydrogen) atoms. The fraction of sp³-hybridized carbons (Fsp3) is 0.500. The number of nitrogens with one attached hydrogen (secondary N) is 1. The minimum atomic E-state index is -0.427. The standard InChI is InChI=1S/C12H16ClN3O2/c1-14-7-9-4-5-15(8-9)12-3-2-10(16(17)18)6-11(12)13/h2-3,6,9,14H,4-5,7-8H2,1H3. The number of hydrogen-bond donors (Lipinski definition) is 1. The maximum Gasteiger partial charge on any atom is 0.271 e. The van der Waals surface area contributed by atoms with Crippen molar-refractivity contribution in [2.45, 2.75) is 6.42 Å². The average molecular weight is 270 g/mol. The van der Waals surface area contributed by atoms with E-state index in [1.54, 1.807) is 6.07 Å². The smallest absolute Gasteiger partial charge is 0.271 e. The molecule has 0 amide bonds. The topological polar surface area (TPSA) is 58.4 Å². The molecule has 6 heteroatoms. The molecule has 1 fully saturated rings. The van der Waals surface area contributed by atoms with Gasteiger partial charge in [0.25, 0.3) is 5.69 Å². The van der Waals surface area contributed by atoms with Crippen LogP contribution in [0.5, 0.6) is 0 Å². The van der Waals surface area contributed by atoms with Gasteiger partial charge in [-0.3, -0.25) is 10.1 Å². The molecule has 1 atom stereocenters. The Bertz CT molecular complexity index is 453. The molecule has 1 heterocycles. The van der Waals surface area contributed by atoms with Gasteiger partial charge in [0, 0.05) is 25.2 Å². The van der Waals surface area contributed by atoms with Gasteiger partial charge in [0.2, 0.25) is 0 Å². The lowest BCUT2D eigenvalue weighted by molar-refractivity contribution is -0.384. The molecule has 1 saturated heterocycles. The third-order valence-corrected chi connectivity index (χ3v) is 3.56. The number of nitrogens with zero attached hydrogens (tertiary/aromatic N) is 2. The molecular weight excluding hydrogens is 254 g/mol. The van der Waals surface area contributed by atoms with Crippen molar-refractivity contribution in [3.05, 3.63) is 33.3 Å². The second kappa shape index (κ2) is 5.54. The highest BCUT2D eigenvalue weighted by Gasteiger charge is 2.24. The van der Waals surface area contributed by atoms with Crippen LogP contribution in [0.4, 0.5) is 11.4 Å². The maximum absolute atomic E-state index is 10.6. The van der Waals surface area contributed by atoms with Gasteiger partial charge in [-0.25, -0.2) is 0 Å².